The van der Waals surface area contributed by atoms with Crippen molar-refractivity contribution in [2.45, 2.75) is 27.2 Å². The number of carbonyl (C=O) groups excluding carboxylic acids is 1. The molecule has 2 N–H and O–H groups in total. The van der Waals surface area contributed by atoms with Gasteiger partial charge in [0.05, 0.1) is 0 Å². The third-order valence-corrected chi connectivity index (χ3v) is 2.83. The summed E-state index contributed by atoms with van der Waals surface area (Å²) in [5.74, 6) is -0.542. The number of rotatable bonds is 7. The summed E-state index contributed by atoms with van der Waals surface area (Å²) in [6.45, 7) is 6.32. The van der Waals surface area contributed by atoms with Crippen molar-refractivity contribution in [1.29, 1.82) is 0 Å². The van der Waals surface area contributed by atoms with E-state index in [-0.39, 0.29) is 23.8 Å². The predicted octanol–water partition coefficient (Wildman–Crippen LogP) is 2.23. The lowest BCUT2D eigenvalue weighted by atomic mass is 10.1. The largest absolute Gasteiger partial charge is 0.483 e. The second-order valence-electron chi connectivity index (χ2n) is 5.08. The van der Waals surface area contributed by atoms with Crippen LogP contribution in [0.15, 0.2) is 18.2 Å². The van der Waals surface area contributed by atoms with Crippen LogP contribution in [0.1, 0.15) is 36.2 Å². The van der Waals surface area contributed by atoms with Crippen LogP contribution in [0.5, 0.6) is 5.75 Å². The van der Waals surface area contributed by atoms with Crippen molar-refractivity contribution in [3.63, 3.8) is 0 Å². The molecular formula is C15H21NO4. The van der Waals surface area contributed by atoms with E-state index >= 15 is 0 Å². The third-order valence-electron chi connectivity index (χ3n) is 2.83. The standard InChI is InChI=1S/C15H21NO4/c1-10(2)7-8-16-13(17)9-20-14-11(3)5-4-6-12(14)15(18)19/h4-6,10H,7-9H2,1-3H3,(H,16,17)(H,18,19). The molecule has 0 saturated heterocycles. The smallest absolute Gasteiger partial charge is 0.339 e. The zero-order valence-corrected chi connectivity index (χ0v) is 12.1. The van der Waals surface area contributed by atoms with Gasteiger partial charge in [0, 0.05) is 6.54 Å². The molecule has 110 valence electrons. The lowest BCUT2D eigenvalue weighted by Crippen LogP contribution is -2.30. The number of hydrogen-bond acceptors (Lipinski definition) is 3. The average Bonchev–Trinajstić information content (AvgIpc) is 2.36. The molecule has 1 amide bonds. The van der Waals surface area contributed by atoms with Gasteiger partial charge < -0.3 is 15.2 Å². The van der Waals surface area contributed by atoms with Gasteiger partial charge in [0.15, 0.2) is 6.61 Å². The van der Waals surface area contributed by atoms with Crippen molar-refractivity contribution in [3.8, 4) is 5.75 Å². The fraction of sp³-hybridized carbons (Fsp3) is 0.467. The maximum Gasteiger partial charge on any atom is 0.339 e. The minimum atomic E-state index is -1.07. The summed E-state index contributed by atoms with van der Waals surface area (Å²) in [5, 5.41) is 11.8. The van der Waals surface area contributed by atoms with Gasteiger partial charge in [-0.15, -0.1) is 0 Å². The van der Waals surface area contributed by atoms with Crippen molar-refractivity contribution >= 4 is 11.9 Å². The molecule has 0 bridgehead atoms. The Morgan fingerprint density at radius 1 is 1.35 bits per heavy atom. The SMILES string of the molecule is Cc1cccc(C(=O)O)c1OCC(=O)NCCC(C)C. The maximum atomic E-state index is 11.6. The molecule has 0 spiro atoms. The molecule has 0 radical (unpaired) electrons. The molecule has 0 aliphatic rings. The number of amides is 1. The Morgan fingerprint density at radius 2 is 2.05 bits per heavy atom. The summed E-state index contributed by atoms with van der Waals surface area (Å²) < 4.78 is 5.36. The van der Waals surface area contributed by atoms with Gasteiger partial charge in [0.2, 0.25) is 0 Å². The van der Waals surface area contributed by atoms with E-state index in [4.69, 9.17) is 9.84 Å². The van der Waals surface area contributed by atoms with E-state index < -0.39 is 5.97 Å². The number of aryl methyl sites for hydroxylation is 1. The summed E-state index contributed by atoms with van der Waals surface area (Å²) in [4.78, 5) is 22.7. The van der Waals surface area contributed by atoms with Gasteiger partial charge in [-0.1, -0.05) is 26.0 Å². The topological polar surface area (TPSA) is 75.6 Å². The van der Waals surface area contributed by atoms with E-state index in [9.17, 15) is 9.59 Å². The quantitative estimate of drug-likeness (QED) is 0.802. The zero-order chi connectivity index (χ0) is 15.1. The summed E-state index contributed by atoms with van der Waals surface area (Å²) in [5.41, 5.74) is 0.764. The molecule has 1 aromatic rings. The number of para-hydroxylation sites is 1. The Morgan fingerprint density at radius 3 is 2.65 bits per heavy atom. The van der Waals surface area contributed by atoms with Crippen molar-refractivity contribution in [2.24, 2.45) is 5.92 Å². The number of ether oxygens (including phenoxy) is 1. The van der Waals surface area contributed by atoms with E-state index in [0.29, 0.717) is 18.0 Å². The molecule has 0 fully saturated rings. The molecule has 5 heteroatoms. The Kier molecular flexibility index (Phi) is 6.03. The molecule has 0 unspecified atom stereocenters. The Hall–Kier alpha value is -2.04. The molecule has 1 rings (SSSR count). The second-order valence-corrected chi connectivity index (χ2v) is 5.08. The van der Waals surface area contributed by atoms with E-state index in [1.807, 2.05) is 0 Å². The van der Waals surface area contributed by atoms with E-state index in [2.05, 4.69) is 19.2 Å². The van der Waals surface area contributed by atoms with Crippen LogP contribution in [0.4, 0.5) is 0 Å². The number of hydrogen-bond donors (Lipinski definition) is 2. The van der Waals surface area contributed by atoms with E-state index in [1.54, 1.807) is 19.1 Å². The van der Waals surface area contributed by atoms with Gasteiger partial charge in [-0.3, -0.25) is 4.79 Å². The first-order valence-corrected chi connectivity index (χ1v) is 6.64. The molecule has 0 heterocycles. The average molecular weight is 279 g/mol. The molecule has 0 aliphatic carbocycles. The highest BCUT2D eigenvalue weighted by atomic mass is 16.5. The van der Waals surface area contributed by atoms with Gasteiger partial charge >= 0.3 is 5.97 Å². The second kappa shape index (κ2) is 7.53. The number of carbonyl (C=O) groups is 2. The Bertz CT molecular complexity index is 483. The first-order valence-electron chi connectivity index (χ1n) is 6.64. The predicted molar refractivity (Wildman–Crippen MR) is 76.1 cm³/mol. The van der Waals surface area contributed by atoms with Crippen LogP contribution in [0, 0.1) is 12.8 Å². The number of carboxylic acid groups (broad SMARTS) is 1. The highest BCUT2D eigenvalue weighted by Gasteiger charge is 2.14. The summed E-state index contributed by atoms with van der Waals surface area (Å²) in [6, 6.07) is 4.86. The van der Waals surface area contributed by atoms with Gasteiger partial charge in [-0.2, -0.15) is 0 Å². The molecule has 0 aromatic heterocycles. The van der Waals surface area contributed by atoms with Crippen molar-refractivity contribution in [3.05, 3.63) is 29.3 Å². The van der Waals surface area contributed by atoms with Gasteiger partial charge in [0.1, 0.15) is 11.3 Å². The molecular weight excluding hydrogens is 258 g/mol. The lowest BCUT2D eigenvalue weighted by Gasteiger charge is -2.12. The minimum absolute atomic E-state index is 0.0694. The normalized spacial score (nSPS) is 10.4. The van der Waals surface area contributed by atoms with Crippen LogP contribution in [0.2, 0.25) is 0 Å². The molecule has 0 atom stereocenters. The van der Waals surface area contributed by atoms with E-state index in [1.165, 1.54) is 6.07 Å². The van der Waals surface area contributed by atoms with E-state index in [0.717, 1.165) is 6.42 Å². The summed E-state index contributed by atoms with van der Waals surface area (Å²) >= 11 is 0. The monoisotopic (exact) mass is 279 g/mol. The highest BCUT2D eigenvalue weighted by molar-refractivity contribution is 5.91. The van der Waals surface area contributed by atoms with Crippen LogP contribution < -0.4 is 10.1 Å². The number of carboxylic acids is 1. The molecule has 1 aromatic carbocycles. The lowest BCUT2D eigenvalue weighted by molar-refractivity contribution is -0.123. The molecule has 0 aliphatic heterocycles. The van der Waals surface area contributed by atoms with Gasteiger partial charge in [-0.05, 0) is 30.9 Å². The van der Waals surface area contributed by atoms with Crippen LogP contribution in [0.25, 0.3) is 0 Å². The van der Waals surface area contributed by atoms with Crippen LogP contribution >= 0.6 is 0 Å². The van der Waals surface area contributed by atoms with Crippen molar-refractivity contribution in [1.82, 2.24) is 5.32 Å². The van der Waals surface area contributed by atoms with Gasteiger partial charge in [-0.25, -0.2) is 4.79 Å². The van der Waals surface area contributed by atoms with Crippen LogP contribution in [0.3, 0.4) is 0 Å². The number of aromatic carboxylic acids is 1. The summed E-state index contributed by atoms with van der Waals surface area (Å²) in [7, 11) is 0. The van der Waals surface area contributed by atoms with Crippen LogP contribution in [-0.4, -0.2) is 30.1 Å². The Balaban J connectivity index is 2.57. The fourth-order valence-electron chi connectivity index (χ4n) is 1.70. The van der Waals surface area contributed by atoms with Gasteiger partial charge in [0.25, 0.3) is 5.91 Å². The van der Waals surface area contributed by atoms with Crippen molar-refractivity contribution < 1.29 is 19.4 Å². The molecule has 0 saturated carbocycles. The van der Waals surface area contributed by atoms with Crippen LogP contribution in [-0.2, 0) is 4.79 Å². The zero-order valence-electron chi connectivity index (χ0n) is 12.1. The maximum absolute atomic E-state index is 11.6. The first kappa shape index (κ1) is 16.0. The fourth-order valence-corrected chi connectivity index (χ4v) is 1.70. The Labute approximate surface area is 118 Å². The minimum Gasteiger partial charge on any atom is -0.483 e. The van der Waals surface area contributed by atoms with Crippen molar-refractivity contribution in [2.75, 3.05) is 13.2 Å². The number of nitrogens with one attached hydrogen (secondary N) is 1. The third kappa shape index (κ3) is 4.91. The summed E-state index contributed by atoms with van der Waals surface area (Å²) in [6.07, 6.45) is 0.899. The first-order chi connectivity index (χ1) is 9.41. The molecule has 5 nitrogen and oxygen atoms in total. The number of benzene rings is 1. The highest BCUT2D eigenvalue weighted by Crippen LogP contribution is 2.23. The molecule has 20 heavy (non-hydrogen) atoms.